The number of aliphatic hydroxyl groups is 1. The predicted octanol–water partition coefficient (Wildman–Crippen LogP) is 3.41. The Labute approximate surface area is 176 Å². The molecule has 1 aromatic carbocycles. The number of carbonyl (C=O) groups is 2. The van der Waals surface area contributed by atoms with Crippen molar-refractivity contribution in [3.05, 3.63) is 53.7 Å². The number of nitrogens with one attached hydrogen (secondary N) is 1. The lowest BCUT2D eigenvalue weighted by molar-refractivity contribution is -0.274. The van der Waals surface area contributed by atoms with Gasteiger partial charge in [-0.1, -0.05) is 0 Å². The van der Waals surface area contributed by atoms with Gasteiger partial charge in [-0.15, -0.1) is 13.2 Å². The van der Waals surface area contributed by atoms with E-state index in [2.05, 4.69) is 15.0 Å². The number of aliphatic hydroxyl groups excluding tert-OH is 1. The molecule has 2 aromatic rings. The number of nitrogens with zero attached hydrogens (tertiary/aromatic N) is 2. The molecule has 2 heterocycles. The molecule has 1 aliphatic heterocycles. The Bertz CT molecular complexity index is 990. The average Bonchev–Trinajstić information content (AvgIpc) is 3.12. The van der Waals surface area contributed by atoms with E-state index in [0.717, 1.165) is 12.1 Å². The molecule has 10 heteroatoms. The monoisotopic (exact) mass is 435 g/mol. The number of amides is 1. The third-order valence-corrected chi connectivity index (χ3v) is 4.46. The van der Waals surface area contributed by atoms with Crippen LogP contribution >= 0.6 is 0 Å². The second-order valence-corrected chi connectivity index (χ2v) is 7.00. The Morgan fingerprint density at radius 1 is 1.29 bits per heavy atom. The Kier molecular flexibility index (Phi) is 6.59. The molecule has 1 aromatic heterocycles. The van der Waals surface area contributed by atoms with Gasteiger partial charge in [-0.3, -0.25) is 9.59 Å². The summed E-state index contributed by atoms with van der Waals surface area (Å²) in [4.78, 5) is 30.2. The molecule has 1 amide bonds. The number of benzene rings is 1. The molecule has 31 heavy (non-hydrogen) atoms. The van der Waals surface area contributed by atoms with Crippen LogP contribution in [0, 0.1) is 0 Å². The van der Waals surface area contributed by atoms with Crippen molar-refractivity contribution in [2.45, 2.75) is 25.8 Å². The summed E-state index contributed by atoms with van der Waals surface area (Å²) in [5.74, 6) is -0.564. The molecule has 164 valence electrons. The zero-order chi connectivity index (χ0) is 22.6. The number of aromatic nitrogens is 1. The lowest BCUT2D eigenvalue weighted by Gasteiger charge is -2.19. The van der Waals surface area contributed by atoms with Crippen molar-refractivity contribution in [2.75, 3.05) is 23.3 Å². The summed E-state index contributed by atoms with van der Waals surface area (Å²) in [5.41, 5.74) is 1.00. The molecule has 1 atom stereocenters. The summed E-state index contributed by atoms with van der Waals surface area (Å²) in [7, 11) is 0. The molecule has 7 nitrogen and oxygen atoms in total. The highest BCUT2D eigenvalue weighted by Crippen LogP contribution is 2.26. The molecule has 1 saturated heterocycles. The van der Waals surface area contributed by atoms with Crippen molar-refractivity contribution in [2.24, 2.45) is 0 Å². The minimum absolute atomic E-state index is 0.177. The van der Waals surface area contributed by atoms with Gasteiger partial charge in [-0.25, -0.2) is 4.98 Å². The van der Waals surface area contributed by atoms with Crippen LogP contribution in [0.15, 0.2) is 42.6 Å². The van der Waals surface area contributed by atoms with E-state index < -0.39 is 24.1 Å². The second-order valence-electron chi connectivity index (χ2n) is 7.00. The van der Waals surface area contributed by atoms with Gasteiger partial charge < -0.3 is 20.1 Å². The summed E-state index contributed by atoms with van der Waals surface area (Å²) in [6.45, 7) is 2.38. The number of halogens is 3. The zero-order valence-electron chi connectivity index (χ0n) is 16.5. The highest BCUT2D eigenvalue weighted by molar-refractivity contribution is 6.05. The van der Waals surface area contributed by atoms with Crippen LogP contribution in [0.4, 0.5) is 24.7 Å². The van der Waals surface area contributed by atoms with Gasteiger partial charge in [0.05, 0.1) is 11.7 Å². The molecule has 0 unspecified atom stereocenters. The zero-order valence-corrected chi connectivity index (χ0v) is 16.5. The summed E-state index contributed by atoms with van der Waals surface area (Å²) >= 11 is 0. The molecule has 3 rings (SSSR count). The quantitative estimate of drug-likeness (QED) is 0.676. The van der Waals surface area contributed by atoms with Gasteiger partial charge in [0.15, 0.2) is 5.78 Å². The van der Waals surface area contributed by atoms with Gasteiger partial charge in [0, 0.05) is 30.5 Å². The van der Waals surface area contributed by atoms with E-state index >= 15 is 0 Å². The van der Waals surface area contributed by atoms with E-state index in [1.54, 1.807) is 12.1 Å². The Morgan fingerprint density at radius 2 is 2.00 bits per heavy atom. The molecule has 1 fully saturated rings. The van der Waals surface area contributed by atoms with Crippen LogP contribution in [0.2, 0.25) is 0 Å². The van der Waals surface area contributed by atoms with Crippen LogP contribution in [0.5, 0.6) is 5.75 Å². The van der Waals surface area contributed by atoms with Crippen LogP contribution in [-0.4, -0.2) is 47.3 Å². The van der Waals surface area contributed by atoms with E-state index in [9.17, 15) is 27.9 Å². The third kappa shape index (κ3) is 6.29. The van der Waals surface area contributed by atoms with E-state index in [-0.39, 0.29) is 17.0 Å². The van der Waals surface area contributed by atoms with Gasteiger partial charge in [-0.05, 0) is 55.8 Å². The summed E-state index contributed by atoms with van der Waals surface area (Å²) in [5, 5.41) is 12.4. The number of pyridine rings is 1. The predicted molar refractivity (Wildman–Crippen MR) is 108 cm³/mol. The SMILES string of the molecule is CC(=O)C=Cc1cc(C(=O)Nc2ccc(OC(F)(F)F)cc2)cnc1N1CC[C@@H](O)C1. The maximum absolute atomic E-state index is 12.6. The topological polar surface area (TPSA) is 91.8 Å². The molecule has 0 aliphatic carbocycles. The highest BCUT2D eigenvalue weighted by Gasteiger charge is 2.31. The van der Waals surface area contributed by atoms with E-state index in [0.29, 0.717) is 30.9 Å². The van der Waals surface area contributed by atoms with Crippen LogP contribution in [0.1, 0.15) is 29.3 Å². The van der Waals surface area contributed by atoms with Gasteiger partial charge in [-0.2, -0.15) is 0 Å². The number of ether oxygens (including phenoxy) is 1. The Morgan fingerprint density at radius 3 is 2.58 bits per heavy atom. The number of carbonyl (C=O) groups excluding carboxylic acids is 2. The number of hydrogen-bond donors (Lipinski definition) is 2. The molecule has 0 bridgehead atoms. The smallest absolute Gasteiger partial charge is 0.406 e. The summed E-state index contributed by atoms with van der Waals surface area (Å²) in [6.07, 6.45) is -0.412. The Hall–Kier alpha value is -3.40. The largest absolute Gasteiger partial charge is 0.573 e. The fraction of sp³-hybridized carbons (Fsp3) is 0.286. The first-order valence-corrected chi connectivity index (χ1v) is 9.39. The number of ketones is 1. The van der Waals surface area contributed by atoms with Crippen molar-refractivity contribution < 1.29 is 32.6 Å². The van der Waals surface area contributed by atoms with Crippen molar-refractivity contribution in [1.29, 1.82) is 0 Å². The van der Waals surface area contributed by atoms with E-state index in [1.807, 2.05) is 4.90 Å². The first-order valence-electron chi connectivity index (χ1n) is 9.39. The lowest BCUT2D eigenvalue weighted by Crippen LogP contribution is -2.23. The minimum atomic E-state index is -4.80. The summed E-state index contributed by atoms with van der Waals surface area (Å²) in [6, 6.07) is 6.29. The molecular formula is C21H20F3N3O4. The van der Waals surface area contributed by atoms with Crippen molar-refractivity contribution in [3.63, 3.8) is 0 Å². The number of anilines is 2. The van der Waals surface area contributed by atoms with Crippen molar-refractivity contribution in [3.8, 4) is 5.75 Å². The minimum Gasteiger partial charge on any atom is -0.406 e. The third-order valence-electron chi connectivity index (χ3n) is 4.46. The highest BCUT2D eigenvalue weighted by atomic mass is 19.4. The van der Waals surface area contributed by atoms with Crippen LogP contribution in [-0.2, 0) is 4.79 Å². The number of rotatable bonds is 6. The lowest BCUT2D eigenvalue weighted by atomic mass is 10.1. The van der Waals surface area contributed by atoms with Crippen LogP contribution in [0.3, 0.4) is 0 Å². The molecular weight excluding hydrogens is 415 g/mol. The maximum atomic E-state index is 12.6. The number of β-amino-alcohol motifs (C(OH)–C–C–N with tert-alkyl or cyclic N) is 1. The molecule has 0 saturated carbocycles. The second kappa shape index (κ2) is 9.17. The van der Waals surface area contributed by atoms with Gasteiger partial charge >= 0.3 is 6.36 Å². The fourth-order valence-corrected chi connectivity index (χ4v) is 3.07. The van der Waals surface area contributed by atoms with Crippen molar-refractivity contribution in [1.82, 2.24) is 4.98 Å². The molecule has 1 aliphatic rings. The van der Waals surface area contributed by atoms with Gasteiger partial charge in [0.1, 0.15) is 11.6 Å². The average molecular weight is 435 g/mol. The van der Waals surface area contributed by atoms with E-state index in [4.69, 9.17) is 0 Å². The van der Waals surface area contributed by atoms with Gasteiger partial charge in [0.25, 0.3) is 5.91 Å². The Balaban J connectivity index is 1.79. The van der Waals surface area contributed by atoms with Gasteiger partial charge in [0.2, 0.25) is 0 Å². The summed E-state index contributed by atoms with van der Waals surface area (Å²) < 4.78 is 40.5. The van der Waals surface area contributed by atoms with Crippen molar-refractivity contribution >= 4 is 29.3 Å². The molecule has 0 spiro atoms. The standard InChI is InChI=1S/C21H20F3N3O4/c1-13(28)2-3-14-10-15(11-25-19(14)27-9-8-17(29)12-27)20(30)26-16-4-6-18(7-5-16)31-21(22,23)24/h2-7,10-11,17,29H,8-9,12H2,1H3,(H,26,30)/t17-/m1/s1. The van der Waals surface area contributed by atoms with Crippen LogP contribution in [0.25, 0.3) is 6.08 Å². The van der Waals surface area contributed by atoms with Crippen LogP contribution < -0.4 is 15.0 Å². The molecule has 2 N–H and O–H groups in total. The maximum Gasteiger partial charge on any atom is 0.573 e. The van der Waals surface area contributed by atoms with E-state index in [1.165, 1.54) is 31.3 Å². The molecule has 0 radical (unpaired) electrons. The first-order chi connectivity index (χ1) is 14.6. The fourth-order valence-electron chi connectivity index (χ4n) is 3.07. The normalized spacial score (nSPS) is 16.5. The first kappa shape index (κ1) is 22.3. The number of allylic oxidation sites excluding steroid dienone is 1. The number of hydrogen-bond acceptors (Lipinski definition) is 6. The number of alkyl halides is 3.